The first kappa shape index (κ1) is 23.9. The first-order chi connectivity index (χ1) is 14.3. The quantitative estimate of drug-likeness (QED) is 0.468. The lowest BCUT2D eigenvalue weighted by Crippen LogP contribution is -2.57. The van der Waals surface area contributed by atoms with E-state index in [1.807, 2.05) is 32.0 Å². The van der Waals surface area contributed by atoms with Gasteiger partial charge in [0, 0.05) is 5.69 Å². The summed E-state index contributed by atoms with van der Waals surface area (Å²) in [5.41, 5.74) is 0.673. The molecule has 30 heavy (non-hydrogen) atoms. The van der Waals surface area contributed by atoms with Crippen LogP contribution >= 0.6 is 0 Å². The monoisotopic (exact) mass is 417 g/mol. The molecule has 0 heterocycles. The van der Waals surface area contributed by atoms with Gasteiger partial charge in [-0.25, -0.2) is 0 Å². The molecule has 1 aromatic rings. The number of hydrogen-bond donors (Lipinski definition) is 4. The fraction of sp³-hybridized carbons (Fsp3) is 0.609. The van der Waals surface area contributed by atoms with Gasteiger partial charge in [-0.15, -0.1) is 0 Å². The van der Waals surface area contributed by atoms with Gasteiger partial charge >= 0.3 is 5.97 Å². The van der Waals surface area contributed by atoms with Gasteiger partial charge < -0.3 is 15.7 Å². The van der Waals surface area contributed by atoms with Crippen LogP contribution in [0.25, 0.3) is 0 Å². The molecule has 3 atom stereocenters. The summed E-state index contributed by atoms with van der Waals surface area (Å²) < 4.78 is 0. The van der Waals surface area contributed by atoms with Crippen LogP contribution in [0, 0.1) is 11.8 Å². The van der Waals surface area contributed by atoms with E-state index in [9.17, 15) is 19.5 Å². The Hall–Kier alpha value is -2.41. The van der Waals surface area contributed by atoms with Crippen LogP contribution in [0.1, 0.15) is 59.3 Å². The zero-order chi connectivity index (χ0) is 22.1. The Bertz CT molecular complexity index is 702. The van der Waals surface area contributed by atoms with Gasteiger partial charge in [0.15, 0.2) is 0 Å². The van der Waals surface area contributed by atoms with E-state index in [0.717, 1.165) is 32.1 Å². The van der Waals surface area contributed by atoms with E-state index >= 15 is 0 Å². The number of nitrogens with one attached hydrogen (secondary N) is 3. The zero-order valence-electron chi connectivity index (χ0n) is 18.2. The van der Waals surface area contributed by atoms with Crippen molar-refractivity contribution in [1.29, 1.82) is 0 Å². The number of carbonyl (C=O) groups excluding carboxylic acids is 2. The molecule has 0 radical (unpaired) electrons. The third kappa shape index (κ3) is 7.44. The topological polar surface area (TPSA) is 108 Å². The molecule has 0 aromatic heterocycles. The predicted octanol–water partition coefficient (Wildman–Crippen LogP) is 3.17. The molecule has 0 saturated heterocycles. The lowest BCUT2D eigenvalue weighted by atomic mass is 9.83. The van der Waals surface area contributed by atoms with Crippen LogP contribution in [0.3, 0.4) is 0 Å². The molecule has 0 spiro atoms. The third-order valence-electron chi connectivity index (χ3n) is 5.59. The Kier molecular flexibility index (Phi) is 9.30. The lowest BCUT2D eigenvalue weighted by molar-refractivity contribution is -0.140. The molecule has 1 aromatic carbocycles. The summed E-state index contributed by atoms with van der Waals surface area (Å²) in [6.07, 6.45) is 5.44. The van der Waals surface area contributed by atoms with Crippen molar-refractivity contribution in [2.45, 2.75) is 77.4 Å². The highest BCUT2D eigenvalue weighted by Crippen LogP contribution is 2.27. The Morgan fingerprint density at radius 3 is 2.20 bits per heavy atom. The van der Waals surface area contributed by atoms with Crippen molar-refractivity contribution in [3.05, 3.63) is 30.3 Å². The van der Waals surface area contributed by atoms with Gasteiger partial charge in [-0.05, 0) is 50.2 Å². The van der Waals surface area contributed by atoms with Gasteiger partial charge in [0.2, 0.25) is 11.8 Å². The van der Waals surface area contributed by atoms with Crippen molar-refractivity contribution >= 4 is 23.5 Å². The number of carboxylic acid groups (broad SMARTS) is 1. The molecule has 1 fully saturated rings. The number of rotatable bonds is 10. The molecule has 0 aliphatic heterocycles. The summed E-state index contributed by atoms with van der Waals surface area (Å²) in [5, 5.41) is 18.1. The average molecular weight is 418 g/mol. The Balaban J connectivity index is 2.13. The number of carboxylic acids is 1. The van der Waals surface area contributed by atoms with Crippen molar-refractivity contribution in [3.8, 4) is 0 Å². The van der Waals surface area contributed by atoms with Crippen molar-refractivity contribution < 1.29 is 19.5 Å². The van der Waals surface area contributed by atoms with Crippen molar-refractivity contribution in [2.24, 2.45) is 11.8 Å². The van der Waals surface area contributed by atoms with Crippen LogP contribution in [-0.2, 0) is 14.4 Å². The summed E-state index contributed by atoms with van der Waals surface area (Å²) in [5.74, 6) is -1.29. The number of carbonyl (C=O) groups is 3. The van der Waals surface area contributed by atoms with E-state index in [1.165, 1.54) is 0 Å². The fourth-order valence-electron chi connectivity index (χ4n) is 3.95. The fourth-order valence-corrected chi connectivity index (χ4v) is 3.95. The van der Waals surface area contributed by atoms with Gasteiger partial charge in [-0.3, -0.25) is 19.7 Å². The third-order valence-corrected chi connectivity index (χ3v) is 5.59. The number of aliphatic carboxylic acids is 1. The predicted molar refractivity (Wildman–Crippen MR) is 117 cm³/mol. The van der Waals surface area contributed by atoms with Gasteiger partial charge in [0.1, 0.15) is 12.1 Å². The molecule has 1 aliphatic rings. The van der Waals surface area contributed by atoms with Crippen LogP contribution in [0.4, 0.5) is 5.69 Å². The van der Waals surface area contributed by atoms with Crippen LogP contribution in [-0.4, -0.2) is 41.0 Å². The standard InChI is InChI=1S/C23H35N3O4/c1-15(2)14-19(21(27)25-18-12-8-5-9-13-18)26-22(28)20(24-16(3)23(29)30)17-10-6-4-7-11-17/h5,8-9,12-13,15-17,19-20,24H,4,6-7,10-11,14H2,1-3H3,(H,25,27)(H,26,28)(H,29,30)/t16?,19-,20-/m0/s1. The molecule has 0 bridgehead atoms. The largest absolute Gasteiger partial charge is 0.480 e. The number of para-hydroxylation sites is 1. The number of hydrogen-bond acceptors (Lipinski definition) is 4. The van der Waals surface area contributed by atoms with Crippen LogP contribution < -0.4 is 16.0 Å². The molecule has 1 unspecified atom stereocenters. The van der Waals surface area contributed by atoms with E-state index < -0.39 is 24.1 Å². The van der Waals surface area contributed by atoms with Crippen molar-refractivity contribution in [1.82, 2.24) is 10.6 Å². The SMILES string of the molecule is CC(C)C[C@H](NC(=O)[C@@H](NC(C)C(=O)O)C1CCCCC1)C(=O)Nc1ccccc1. The highest BCUT2D eigenvalue weighted by atomic mass is 16.4. The molecular formula is C23H35N3O4. The minimum Gasteiger partial charge on any atom is -0.480 e. The number of amides is 2. The molecule has 4 N–H and O–H groups in total. The number of benzene rings is 1. The average Bonchev–Trinajstić information content (AvgIpc) is 2.72. The first-order valence-electron chi connectivity index (χ1n) is 10.9. The Labute approximate surface area is 179 Å². The van der Waals surface area contributed by atoms with Crippen LogP contribution in [0.15, 0.2) is 30.3 Å². The summed E-state index contributed by atoms with van der Waals surface area (Å²) in [4.78, 5) is 37.4. The van der Waals surface area contributed by atoms with E-state index in [2.05, 4.69) is 16.0 Å². The van der Waals surface area contributed by atoms with Gasteiger partial charge in [-0.1, -0.05) is 51.3 Å². The number of anilines is 1. The van der Waals surface area contributed by atoms with E-state index in [0.29, 0.717) is 12.1 Å². The smallest absolute Gasteiger partial charge is 0.320 e. The summed E-state index contributed by atoms with van der Waals surface area (Å²) in [6.45, 7) is 5.54. The second-order valence-electron chi connectivity index (χ2n) is 8.65. The maximum atomic E-state index is 13.2. The summed E-state index contributed by atoms with van der Waals surface area (Å²) in [6, 6.07) is 6.97. The minimum absolute atomic E-state index is 0.0671. The first-order valence-corrected chi connectivity index (χ1v) is 10.9. The van der Waals surface area contributed by atoms with Crippen LogP contribution in [0.5, 0.6) is 0 Å². The maximum Gasteiger partial charge on any atom is 0.320 e. The highest BCUT2D eigenvalue weighted by Gasteiger charge is 2.34. The van der Waals surface area contributed by atoms with Crippen molar-refractivity contribution in [3.63, 3.8) is 0 Å². The molecule has 2 amide bonds. The molecule has 166 valence electrons. The molecular weight excluding hydrogens is 382 g/mol. The molecule has 7 heteroatoms. The molecule has 1 aliphatic carbocycles. The maximum absolute atomic E-state index is 13.2. The van der Waals surface area contributed by atoms with E-state index in [1.54, 1.807) is 19.1 Å². The zero-order valence-corrected chi connectivity index (χ0v) is 18.2. The van der Waals surface area contributed by atoms with Gasteiger partial charge in [-0.2, -0.15) is 0 Å². The second-order valence-corrected chi connectivity index (χ2v) is 8.65. The summed E-state index contributed by atoms with van der Waals surface area (Å²) in [7, 11) is 0. The van der Waals surface area contributed by atoms with E-state index in [-0.39, 0.29) is 23.7 Å². The summed E-state index contributed by atoms with van der Waals surface area (Å²) >= 11 is 0. The van der Waals surface area contributed by atoms with Crippen molar-refractivity contribution in [2.75, 3.05) is 5.32 Å². The normalized spacial score (nSPS) is 17.7. The van der Waals surface area contributed by atoms with Gasteiger partial charge in [0.25, 0.3) is 0 Å². The highest BCUT2D eigenvalue weighted by molar-refractivity contribution is 5.98. The molecule has 7 nitrogen and oxygen atoms in total. The second kappa shape index (κ2) is 11.7. The Morgan fingerprint density at radius 1 is 1.00 bits per heavy atom. The molecule has 1 saturated carbocycles. The minimum atomic E-state index is -0.996. The van der Waals surface area contributed by atoms with Crippen LogP contribution in [0.2, 0.25) is 0 Å². The Morgan fingerprint density at radius 2 is 1.63 bits per heavy atom. The molecule has 2 rings (SSSR count). The van der Waals surface area contributed by atoms with Gasteiger partial charge in [0.05, 0.1) is 6.04 Å². The van der Waals surface area contributed by atoms with E-state index in [4.69, 9.17) is 0 Å². The lowest BCUT2D eigenvalue weighted by Gasteiger charge is -2.32.